The molecule has 1 atom stereocenters. The predicted octanol–water partition coefficient (Wildman–Crippen LogP) is 2.50. The molecule has 0 saturated carbocycles. The molecule has 1 amide bonds. The Kier molecular flexibility index (Phi) is 5.03. The van der Waals surface area contributed by atoms with Crippen LogP contribution >= 0.6 is 0 Å². The average molecular weight is 370 g/mol. The van der Waals surface area contributed by atoms with Crippen molar-refractivity contribution < 1.29 is 13.9 Å². The maximum Gasteiger partial charge on any atom is 0.227 e. The molecular weight excluding hydrogens is 347 g/mol. The molecular formula is C20H23FN4O2. The highest BCUT2D eigenvalue weighted by Gasteiger charge is 2.27. The number of aryl methyl sites for hydroxylation is 1. The maximum atomic E-state index is 13.7. The lowest BCUT2D eigenvalue weighted by Gasteiger charge is -2.29. The molecule has 0 bridgehead atoms. The number of ether oxygens (including phenoxy) is 1. The number of aromatic nitrogens is 2. The minimum Gasteiger partial charge on any atom is -0.378 e. The topological polar surface area (TPSA) is 67.4 Å². The molecule has 1 aromatic carbocycles. The smallest absolute Gasteiger partial charge is 0.227 e. The number of anilines is 2. The van der Waals surface area contributed by atoms with Crippen molar-refractivity contribution in [2.24, 2.45) is 5.92 Å². The fourth-order valence-corrected chi connectivity index (χ4v) is 3.61. The molecule has 0 unspecified atom stereocenters. The van der Waals surface area contributed by atoms with E-state index in [0.29, 0.717) is 30.9 Å². The minimum absolute atomic E-state index is 0.0772. The Morgan fingerprint density at radius 3 is 2.96 bits per heavy atom. The van der Waals surface area contributed by atoms with Crippen molar-refractivity contribution in [1.82, 2.24) is 9.97 Å². The van der Waals surface area contributed by atoms with E-state index in [2.05, 4.69) is 15.2 Å². The number of carbonyl (C=O) groups excluding carboxylic acids is 1. The lowest BCUT2D eigenvalue weighted by Crippen LogP contribution is -2.38. The molecule has 7 heteroatoms. The summed E-state index contributed by atoms with van der Waals surface area (Å²) in [7, 11) is 0. The van der Waals surface area contributed by atoms with Crippen molar-refractivity contribution in [2.45, 2.75) is 26.2 Å². The lowest BCUT2D eigenvalue weighted by atomic mass is 9.86. The van der Waals surface area contributed by atoms with Gasteiger partial charge in [0.25, 0.3) is 0 Å². The quantitative estimate of drug-likeness (QED) is 0.899. The fraction of sp³-hybridized carbons (Fsp3) is 0.450. The Morgan fingerprint density at radius 2 is 2.15 bits per heavy atom. The van der Waals surface area contributed by atoms with Gasteiger partial charge in [-0.15, -0.1) is 0 Å². The number of hydrogen-bond acceptors (Lipinski definition) is 5. The van der Waals surface area contributed by atoms with Crippen LogP contribution in [-0.2, 0) is 22.4 Å². The van der Waals surface area contributed by atoms with Crippen LogP contribution in [0.15, 0.2) is 24.4 Å². The Balaban J connectivity index is 1.45. The molecule has 1 saturated heterocycles. The Morgan fingerprint density at radius 1 is 1.33 bits per heavy atom. The molecule has 27 heavy (non-hydrogen) atoms. The zero-order valence-electron chi connectivity index (χ0n) is 15.4. The largest absolute Gasteiger partial charge is 0.378 e. The van der Waals surface area contributed by atoms with Crippen molar-refractivity contribution in [3.05, 3.63) is 47.0 Å². The molecule has 2 aliphatic rings. The standard InChI is InChI=1S/C20H23FN4O2/c1-13-16(21)3-2-4-17(13)23-19(26)14-5-6-18-15(11-14)12-22-20(24-18)25-7-9-27-10-8-25/h2-4,12,14H,5-11H2,1H3,(H,23,26)/t14-/m0/s1. The number of halogens is 1. The number of hydrogen-bond donors (Lipinski definition) is 1. The van der Waals surface area contributed by atoms with Gasteiger partial charge >= 0.3 is 0 Å². The highest BCUT2D eigenvalue weighted by molar-refractivity contribution is 5.93. The number of rotatable bonds is 3. The molecule has 0 radical (unpaired) electrons. The van der Waals surface area contributed by atoms with E-state index in [1.807, 2.05) is 6.20 Å². The Hall–Kier alpha value is -2.54. The summed E-state index contributed by atoms with van der Waals surface area (Å²) in [6, 6.07) is 4.73. The highest BCUT2D eigenvalue weighted by Crippen LogP contribution is 2.27. The second kappa shape index (κ2) is 7.60. The number of amides is 1. The molecule has 1 aliphatic heterocycles. The maximum absolute atomic E-state index is 13.7. The van der Waals surface area contributed by atoms with Gasteiger partial charge in [0.05, 0.1) is 13.2 Å². The summed E-state index contributed by atoms with van der Waals surface area (Å²) < 4.78 is 19.1. The fourth-order valence-electron chi connectivity index (χ4n) is 3.61. The third-order valence-electron chi connectivity index (χ3n) is 5.33. The van der Waals surface area contributed by atoms with Crippen LogP contribution in [0.25, 0.3) is 0 Å². The van der Waals surface area contributed by atoms with E-state index in [4.69, 9.17) is 9.72 Å². The average Bonchev–Trinajstić information content (AvgIpc) is 2.71. The van der Waals surface area contributed by atoms with Gasteiger partial charge in [-0.1, -0.05) is 6.07 Å². The lowest BCUT2D eigenvalue weighted by molar-refractivity contribution is -0.120. The molecule has 1 aliphatic carbocycles. The van der Waals surface area contributed by atoms with Gasteiger partial charge in [0.15, 0.2) is 0 Å². The Labute approximate surface area is 157 Å². The summed E-state index contributed by atoms with van der Waals surface area (Å²) in [6.07, 6.45) is 3.93. The van der Waals surface area contributed by atoms with Crippen molar-refractivity contribution >= 4 is 17.5 Å². The van der Waals surface area contributed by atoms with Gasteiger partial charge in [-0.05, 0) is 43.9 Å². The highest BCUT2D eigenvalue weighted by atomic mass is 19.1. The molecule has 4 rings (SSSR count). The first-order valence-corrected chi connectivity index (χ1v) is 9.35. The van der Waals surface area contributed by atoms with Gasteiger partial charge in [0.2, 0.25) is 11.9 Å². The van der Waals surface area contributed by atoms with Crippen molar-refractivity contribution in [3.63, 3.8) is 0 Å². The zero-order chi connectivity index (χ0) is 18.8. The third-order valence-corrected chi connectivity index (χ3v) is 5.33. The van der Waals surface area contributed by atoms with Gasteiger partial charge < -0.3 is 15.0 Å². The van der Waals surface area contributed by atoms with Crippen LogP contribution in [0.2, 0.25) is 0 Å². The monoisotopic (exact) mass is 370 g/mol. The molecule has 6 nitrogen and oxygen atoms in total. The van der Waals surface area contributed by atoms with Gasteiger partial charge in [-0.2, -0.15) is 0 Å². The van der Waals surface area contributed by atoms with Crippen molar-refractivity contribution in [2.75, 3.05) is 36.5 Å². The van der Waals surface area contributed by atoms with Gasteiger partial charge in [-0.3, -0.25) is 4.79 Å². The third kappa shape index (κ3) is 3.78. The molecule has 2 aromatic rings. The molecule has 0 spiro atoms. The molecule has 1 aromatic heterocycles. The van der Waals surface area contributed by atoms with E-state index in [1.54, 1.807) is 19.1 Å². The van der Waals surface area contributed by atoms with Crippen LogP contribution in [0.5, 0.6) is 0 Å². The summed E-state index contributed by atoms with van der Waals surface area (Å²) in [5.41, 5.74) is 3.04. The summed E-state index contributed by atoms with van der Waals surface area (Å²) in [6.45, 7) is 4.67. The minimum atomic E-state index is -0.314. The first-order valence-electron chi connectivity index (χ1n) is 9.35. The Bertz CT molecular complexity index is 852. The van der Waals surface area contributed by atoms with Crippen LogP contribution in [-0.4, -0.2) is 42.2 Å². The number of benzene rings is 1. The second-order valence-electron chi connectivity index (χ2n) is 7.08. The first kappa shape index (κ1) is 17.9. The summed E-state index contributed by atoms with van der Waals surface area (Å²) in [5, 5.41) is 2.87. The van der Waals surface area contributed by atoms with Crippen LogP contribution in [0, 0.1) is 18.7 Å². The van der Waals surface area contributed by atoms with E-state index in [-0.39, 0.29) is 17.6 Å². The van der Waals surface area contributed by atoms with Crippen LogP contribution in [0.3, 0.4) is 0 Å². The summed E-state index contributed by atoms with van der Waals surface area (Å²) in [5.74, 6) is 0.200. The van der Waals surface area contributed by atoms with Crippen LogP contribution in [0.4, 0.5) is 16.0 Å². The number of nitrogens with one attached hydrogen (secondary N) is 1. The van der Waals surface area contributed by atoms with E-state index in [1.165, 1.54) is 6.07 Å². The van der Waals surface area contributed by atoms with E-state index >= 15 is 0 Å². The number of morpholine rings is 1. The first-order chi connectivity index (χ1) is 13.1. The molecule has 1 N–H and O–H groups in total. The number of fused-ring (bicyclic) bond motifs is 1. The van der Waals surface area contributed by atoms with Crippen molar-refractivity contribution in [3.8, 4) is 0 Å². The van der Waals surface area contributed by atoms with Gasteiger partial charge in [0.1, 0.15) is 5.82 Å². The van der Waals surface area contributed by atoms with Gasteiger partial charge in [0, 0.05) is 42.1 Å². The van der Waals surface area contributed by atoms with E-state index in [0.717, 1.165) is 43.1 Å². The molecule has 1 fully saturated rings. The van der Waals surface area contributed by atoms with Crippen LogP contribution < -0.4 is 10.2 Å². The van der Waals surface area contributed by atoms with E-state index in [9.17, 15) is 9.18 Å². The molecule has 2 heterocycles. The SMILES string of the molecule is Cc1c(F)cccc1NC(=O)[C@H]1CCc2nc(N3CCOCC3)ncc2C1. The number of carbonyl (C=O) groups is 1. The summed E-state index contributed by atoms with van der Waals surface area (Å²) >= 11 is 0. The normalized spacial score (nSPS) is 19.5. The van der Waals surface area contributed by atoms with Gasteiger partial charge in [-0.25, -0.2) is 14.4 Å². The number of nitrogens with zero attached hydrogens (tertiary/aromatic N) is 3. The predicted molar refractivity (Wildman–Crippen MR) is 100 cm³/mol. The molecule has 142 valence electrons. The second-order valence-corrected chi connectivity index (χ2v) is 7.08. The van der Waals surface area contributed by atoms with E-state index < -0.39 is 0 Å². The summed E-state index contributed by atoms with van der Waals surface area (Å²) in [4.78, 5) is 24.0. The zero-order valence-corrected chi connectivity index (χ0v) is 15.4. The van der Waals surface area contributed by atoms with Crippen LogP contribution in [0.1, 0.15) is 23.2 Å². The van der Waals surface area contributed by atoms with Crippen molar-refractivity contribution in [1.29, 1.82) is 0 Å².